The fourth-order valence-electron chi connectivity index (χ4n) is 3.42. The van der Waals surface area contributed by atoms with Crippen LogP contribution in [0.2, 0.25) is 0 Å². The zero-order valence-electron chi connectivity index (χ0n) is 16.6. The molecule has 1 aromatic carbocycles. The molecule has 1 aromatic rings. The molecule has 26 heavy (non-hydrogen) atoms. The van der Waals surface area contributed by atoms with Crippen LogP contribution in [0.5, 0.6) is 0 Å². The number of nitrogens with two attached hydrogens (primary N) is 1. The molecule has 6 nitrogen and oxygen atoms in total. The number of nitrogens with one attached hydrogen (secondary N) is 2. The van der Waals surface area contributed by atoms with E-state index in [1.807, 2.05) is 39.0 Å². The van der Waals surface area contributed by atoms with E-state index < -0.39 is 0 Å². The van der Waals surface area contributed by atoms with E-state index in [1.54, 1.807) is 0 Å². The summed E-state index contributed by atoms with van der Waals surface area (Å²) in [5.41, 5.74) is 8.97. The molecule has 1 fully saturated rings. The molecular weight excluding hydrogens is 328 g/mol. The first-order valence-corrected chi connectivity index (χ1v) is 9.25. The number of piperidine rings is 1. The lowest BCUT2D eigenvalue weighted by Gasteiger charge is -2.44. The fourth-order valence-corrected chi connectivity index (χ4v) is 3.42. The highest BCUT2D eigenvalue weighted by Crippen LogP contribution is 2.28. The topological polar surface area (TPSA) is 87.5 Å². The van der Waals surface area contributed by atoms with Crippen LogP contribution < -0.4 is 16.4 Å². The summed E-state index contributed by atoms with van der Waals surface area (Å²) >= 11 is 0. The summed E-state index contributed by atoms with van der Waals surface area (Å²) in [5.74, 6) is -0.350. The summed E-state index contributed by atoms with van der Waals surface area (Å²) in [6.45, 7) is 11.6. The van der Waals surface area contributed by atoms with Gasteiger partial charge >= 0.3 is 0 Å². The van der Waals surface area contributed by atoms with Crippen LogP contribution >= 0.6 is 0 Å². The third kappa shape index (κ3) is 4.83. The van der Waals surface area contributed by atoms with Gasteiger partial charge in [-0.15, -0.1) is 0 Å². The summed E-state index contributed by atoms with van der Waals surface area (Å²) in [4.78, 5) is 26.8. The number of carbonyl (C=O) groups excluding carboxylic acids is 2. The molecule has 0 bridgehead atoms. The van der Waals surface area contributed by atoms with E-state index in [1.165, 1.54) is 0 Å². The van der Waals surface area contributed by atoms with Gasteiger partial charge in [0, 0.05) is 24.8 Å². The van der Waals surface area contributed by atoms with E-state index in [9.17, 15) is 9.59 Å². The third-order valence-electron chi connectivity index (χ3n) is 5.44. The molecule has 4 N–H and O–H groups in total. The molecule has 6 heteroatoms. The highest BCUT2D eigenvalue weighted by atomic mass is 16.2. The molecule has 0 aromatic heterocycles. The molecule has 0 saturated carbocycles. The Morgan fingerprint density at radius 2 is 1.92 bits per heavy atom. The van der Waals surface area contributed by atoms with Gasteiger partial charge in [0.1, 0.15) is 0 Å². The van der Waals surface area contributed by atoms with Gasteiger partial charge in [0.05, 0.1) is 12.6 Å². The number of aryl methyl sites for hydroxylation is 2. The molecule has 2 rings (SSSR count). The molecule has 2 unspecified atom stereocenters. The van der Waals surface area contributed by atoms with E-state index in [0.717, 1.165) is 36.3 Å². The maximum absolute atomic E-state index is 12.5. The van der Waals surface area contributed by atoms with Crippen LogP contribution in [0.4, 0.5) is 5.69 Å². The minimum Gasteiger partial charge on any atom is -0.346 e. The molecule has 0 aliphatic carbocycles. The Labute approximate surface area is 156 Å². The number of para-hydroxylation sites is 1. The molecule has 1 aliphatic heterocycles. The Bertz CT molecular complexity index is 652. The van der Waals surface area contributed by atoms with Gasteiger partial charge in [-0.05, 0) is 43.7 Å². The lowest BCUT2D eigenvalue weighted by atomic mass is 9.79. The quantitative estimate of drug-likeness (QED) is 0.747. The molecule has 2 amide bonds. The smallest absolute Gasteiger partial charge is 0.243 e. The van der Waals surface area contributed by atoms with E-state index in [-0.39, 0.29) is 35.9 Å². The van der Waals surface area contributed by atoms with Crippen molar-refractivity contribution >= 4 is 17.5 Å². The van der Waals surface area contributed by atoms with Crippen LogP contribution in [0.1, 0.15) is 38.3 Å². The Morgan fingerprint density at radius 1 is 1.31 bits per heavy atom. The van der Waals surface area contributed by atoms with Crippen molar-refractivity contribution in [3.8, 4) is 0 Å². The highest BCUT2D eigenvalue weighted by Gasteiger charge is 2.36. The standard InChI is InChI=1S/C20H32N4O2/c1-13-7-6-8-14(2)18(13)23-17(25)11-22-19(26)15(3)24-10-9-16(21)20(4,5)12-24/h6-8,15-16H,9-12,21H2,1-5H3,(H,22,26)(H,23,25). The Morgan fingerprint density at radius 3 is 2.50 bits per heavy atom. The predicted molar refractivity (Wildman–Crippen MR) is 105 cm³/mol. The molecule has 0 radical (unpaired) electrons. The van der Waals surface area contributed by atoms with Gasteiger partial charge in [-0.3, -0.25) is 14.5 Å². The largest absolute Gasteiger partial charge is 0.346 e. The van der Waals surface area contributed by atoms with Crippen molar-refractivity contribution in [1.29, 1.82) is 0 Å². The lowest BCUT2D eigenvalue weighted by Crippen LogP contribution is -2.57. The zero-order valence-corrected chi connectivity index (χ0v) is 16.6. The van der Waals surface area contributed by atoms with Crippen LogP contribution in [-0.2, 0) is 9.59 Å². The molecule has 2 atom stereocenters. The zero-order chi connectivity index (χ0) is 19.5. The van der Waals surface area contributed by atoms with Crippen LogP contribution in [0, 0.1) is 19.3 Å². The Hall–Kier alpha value is -1.92. The molecule has 144 valence electrons. The summed E-state index contributed by atoms with van der Waals surface area (Å²) < 4.78 is 0. The second kappa shape index (κ2) is 8.18. The number of hydrogen-bond donors (Lipinski definition) is 3. The first-order valence-electron chi connectivity index (χ1n) is 9.25. The average Bonchev–Trinajstić information content (AvgIpc) is 2.57. The highest BCUT2D eigenvalue weighted by molar-refractivity contribution is 5.96. The van der Waals surface area contributed by atoms with E-state index in [2.05, 4.69) is 29.4 Å². The Kier molecular flexibility index (Phi) is 6.42. The number of nitrogens with zero attached hydrogens (tertiary/aromatic N) is 1. The molecule has 1 saturated heterocycles. The van der Waals surface area contributed by atoms with Crippen LogP contribution in [0.3, 0.4) is 0 Å². The van der Waals surface area contributed by atoms with Crippen LogP contribution in [-0.4, -0.2) is 48.4 Å². The molecular formula is C20H32N4O2. The fraction of sp³-hybridized carbons (Fsp3) is 0.600. The third-order valence-corrected chi connectivity index (χ3v) is 5.44. The van der Waals surface area contributed by atoms with Crippen LogP contribution in [0.25, 0.3) is 0 Å². The van der Waals surface area contributed by atoms with Crippen molar-refractivity contribution in [2.24, 2.45) is 11.1 Å². The van der Waals surface area contributed by atoms with Crippen molar-refractivity contribution < 1.29 is 9.59 Å². The number of amides is 2. The minimum absolute atomic E-state index is 0.0213. The van der Waals surface area contributed by atoms with E-state index in [0.29, 0.717) is 0 Å². The number of rotatable bonds is 5. The van der Waals surface area contributed by atoms with E-state index >= 15 is 0 Å². The van der Waals surface area contributed by atoms with Gasteiger partial charge in [-0.25, -0.2) is 0 Å². The summed E-state index contributed by atoms with van der Waals surface area (Å²) in [6.07, 6.45) is 0.873. The number of hydrogen-bond acceptors (Lipinski definition) is 4. The maximum atomic E-state index is 12.5. The molecule has 1 aliphatic rings. The number of likely N-dealkylation sites (tertiary alicyclic amines) is 1. The number of anilines is 1. The summed E-state index contributed by atoms with van der Waals surface area (Å²) in [7, 11) is 0. The summed E-state index contributed by atoms with van der Waals surface area (Å²) in [6, 6.07) is 5.72. The monoisotopic (exact) mass is 360 g/mol. The van der Waals surface area contributed by atoms with Crippen molar-refractivity contribution in [2.75, 3.05) is 25.0 Å². The first kappa shape index (κ1) is 20.4. The Balaban J connectivity index is 1.87. The van der Waals surface area contributed by atoms with Crippen molar-refractivity contribution in [3.63, 3.8) is 0 Å². The van der Waals surface area contributed by atoms with Gasteiger partial charge in [0.15, 0.2) is 0 Å². The average molecular weight is 361 g/mol. The van der Waals surface area contributed by atoms with Crippen LogP contribution in [0.15, 0.2) is 18.2 Å². The number of carbonyl (C=O) groups is 2. The van der Waals surface area contributed by atoms with Crippen molar-refractivity contribution in [2.45, 2.75) is 53.1 Å². The van der Waals surface area contributed by atoms with Gasteiger partial charge < -0.3 is 16.4 Å². The lowest BCUT2D eigenvalue weighted by molar-refractivity contribution is -0.129. The second-order valence-electron chi connectivity index (χ2n) is 8.06. The normalized spacial score (nSPS) is 21.1. The minimum atomic E-state index is -0.283. The van der Waals surface area contributed by atoms with Gasteiger partial charge in [0.2, 0.25) is 11.8 Å². The summed E-state index contributed by atoms with van der Waals surface area (Å²) in [5, 5.41) is 5.64. The van der Waals surface area contributed by atoms with Gasteiger partial charge in [-0.2, -0.15) is 0 Å². The predicted octanol–water partition coefficient (Wildman–Crippen LogP) is 1.81. The van der Waals surface area contributed by atoms with Crippen molar-refractivity contribution in [3.05, 3.63) is 29.3 Å². The first-order chi connectivity index (χ1) is 12.1. The van der Waals surface area contributed by atoms with E-state index in [4.69, 9.17) is 5.73 Å². The molecule has 0 spiro atoms. The van der Waals surface area contributed by atoms with Gasteiger partial charge in [-0.1, -0.05) is 32.0 Å². The SMILES string of the molecule is Cc1cccc(C)c1NC(=O)CNC(=O)C(C)N1CCC(N)C(C)(C)C1. The van der Waals surface area contributed by atoms with Crippen molar-refractivity contribution in [1.82, 2.24) is 10.2 Å². The molecule has 1 heterocycles. The second-order valence-corrected chi connectivity index (χ2v) is 8.06. The maximum Gasteiger partial charge on any atom is 0.243 e. The number of benzene rings is 1. The van der Waals surface area contributed by atoms with Gasteiger partial charge in [0.25, 0.3) is 0 Å².